The van der Waals surface area contributed by atoms with E-state index in [4.69, 9.17) is 9.47 Å². The molecular formula is C22H25F3N4O4. The minimum atomic E-state index is -4.79. The number of fused-ring (bicyclic) bond motifs is 1. The van der Waals surface area contributed by atoms with Gasteiger partial charge >= 0.3 is 6.36 Å². The topological polar surface area (TPSA) is 87.5 Å². The molecule has 0 radical (unpaired) electrons. The van der Waals surface area contributed by atoms with Gasteiger partial charge in [0.15, 0.2) is 5.69 Å². The van der Waals surface area contributed by atoms with E-state index in [0.717, 1.165) is 0 Å². The summed E-state index contributed by atoms with van der Waals surface area (Å²) >= 11 is 0. The van der Waals surface area contributed by atoms with Gasteiger partial charge in [0.05, 0.1) is 36.2 Å². The molecule has 0 spiro atoms. The summed E-state index contributed by atoms with van der Waals surface area (Å²) in [6, 6.07) is 6.31. The summed E-state index contributed by atoms with van der Waals surface area (Å²) in [6.07, 6.45) is -3.22. The monoisotopic (exact) mass is 466 g/mol. The number of amides is 1. The number of rotatable bonds is 7. The largest absolute Gasteiger partial charge is 0.573 e. The van der Waals surface area contributed by atoms with E-state index in [1.165, 1.54) is 38.5 Å². The Balaban J connectivity index is 1.95. The minimum Gasteiger partial charge on any atom is -0.480 e. The maximum atomic E-state index is 13.3. The number of ether oxygens (including phenoxy) is 3. The quantitative estimate of drug-likeness (QED) is 0.561. The molecule has 0 aliphatic carbocycles. The van der Waals surface area contributed by atoms with Crippen LogP contribution in [0.3, 0.4) is 0 Å². The standard InChI is InChI=1S/C22H25F3N4O4/c1-21(2,3)29-16-10-11-26-20(32-5)17(16)18(28-29)19(30)27-15(12-31-4)13-6-8-14(9-7-13)33-22(23,24)25/h6-11,15H,12H2,1-5H3,(H,27,30). The van der Waals surface area contributed by atoms with Gasteiger partial charge in [0, 0.05) is 13.3 Å². The maximum absolute atomic E-state index is 13.3. The van der Waals surface area contributed by atoms with Gasteiger partial charge in [-0.3, -0.25) is 9.48 Å². The number of alkyl halides is 3. The minimum absolute atomic E-state index is 0.0819. The number of hydrogen-bond acceptors (Lipinski definition) is 6. The zero-order chi connectivity index (χ0) is 24.4. The molecule has 2 heterocycles. The van der Waals surface area contributed by atoms with Crippen LogP contribution in [0.15, 0.2) is 36.5 Å². The van der Waals surface area contributed by atoms with Gasteiger partial charge in [-0.2, -0.15) is 5.10 Å². The first-order chi connectivity index (χ1) is 15.4. The van der Waals surface area contributed by atoms with Crippen molar-refractivity contribution >= 4 is 16.8 Å². The van der Waals surface area contributed by atoms with Crippen LogP contribution in [0.2, 0.25) is 0 Å². The highest BCUT2D eigenvalue weighted by Gasteiger charge is 2.31. The fraction of sp³-hybridized carbons (Fsp3) is 0.409. The molecule has 178 valence electrons. The Morgan fingerprint density at radius 3 is 2.33 bits per heavy atom. The number of nitrogens with one attached hydrogen (secondary N) is 1. The lowest BCUT2D eigenvalue weighted by Crippen LogP contribution is -2.32. The van der Waals surface area contributed by atoms with Crippen LogP contribution in [-0.2, 0) is 10.3 Å². The number of hydrogen-bond donors (Lipinski definition) is 1. The van der Waals surface area contributed by atoms with Crippen molar-refractivity contribution in [1.82, 2.24) is 20.1 Å². The molecule has 1 aromatic carbocycles. The Bertz CT molecular complexity index is 1120. The molecule has 1 N–H and O–H groups in total. The molecule has 0 fully saturated rings. The maximum Gasteiger partial charge on any atom is 0.573 e. The highest BCUT2D eigenvalue weighted by Crippen LogP contribution is 2.31. The van der Waals surface area contributed by atoms with E-state index in [-0.39, 0.29) is 23.9 Å². The van der Waals surface area contributed by atoms with E-state index in [2.05, 4.69) is 20.1 Å². The molecular weight excluding hydrogens is 441 g/mol. The van der Waals surface area contributed by atoms with E-state index >= 15 is 0 Å². The van der Waals surface area contributed by atoms with E-state index in [9.17, 15) is 18.0 Å². The Labute approximate surface area is 188 Å². The molecule has 0 bridgehead atoms. The molecule has 2 aromatic heterocycles. The number of nitrogens with zero attached hydrogens (tertiary/aromatic N) is 3. The molecule has 8 nitrogen and oxygen atoms in total. The van der Waals surface area contributed by atoms with Gasteiger partial charge in [-0.1, -0.05) is 12.1 Å². The third kappa shape index (κ3) is 5.54. The van der Waals surface area contributed by atoms with Crippen molar-refractivity contribution in [3.05, 3.63) is 47.8 Å². The van der Waals surface area contributed by atoms with E-state index in [1.54, 1.807) is 16.9 Å². The second-order valence-electron chi connectivity index (χ2n) is 8.24. The second-order valence-corrected chi connectivity index (χ2v) is 8.24. The molecule has 0 aliphatic heterocycles. The van der Waals surface area contributed by atoms with Gasteiger partial charge in [-0.15, -0.1) is 13.2 Å². The van der Waals surface area contributed by atoms with Crippen LogP contribution in [0.1, 0.15) is 42.9 Å². The van der Waals surface area contributed by atoms with Gasteiger partial charge in [-0.05, 0) is 44.5 Å². The lowest BCUT2D eigenvalue weighted by molar-refractivity contribution is -0.274. The summed E-state index contributed by atoms with van der Waals surface area (Å²) in [5, 5.41) is 7.83. The molecule has 1 atom stereocenters. The first-order valence-corrected chi connectivity index (χ1v) is 10.0. The predicted octanol–water partition coefficient (Wildman–Crippen LogP) is 4.21. The molecule has 1 amide bonds. The number of halogens is 3. The number of carbonyl (C=O) groups is 1. The molecule has 0 aliphatic rings. The number of carbonyl (C=O) groups excluding carboxylic acids is 1. The molecule has 11 heteroatoms. The summed E-state index contributed by atoms with van der Waals surface area (Å²) in [4.78, 5) is 17.5. The second kappa shape index (κ2) is 9.26. The van der Waals surface area contributed by atoms with Gasteiger partial charge in [0.1, 0.15) is 5.75 Å². The van der Waals surface area contributed by atoms with Crippen molar-refractivity contribution in [1.29, 1.82) is 0 Å². The average Bonchev–Trinajstić information content (AvgIpc) is 3.13. The zero-order valence-corrected chi connectivity index (χ0v) is 18.9. The van der Waals surface area contributed by atoms with E-state index in [1.807, 2.05) is 20.8 Å². The van der Waals surface area contributed by atoms with Gasteiger partial charge in [0.2, 0.25) is 5.88 Å². The lowest BCUT2D eigenvalue weighted by atomic mass is 10.1. The zero-order valence-electron chi connectivity index (χ0n) is 18.9. The fourth-order valence-corrected chi connectivity index (χ4v) is 3.38. The number of methoxy groups -OCH3 is 2. The van der Waals surface area contributed by atoms with Crippen LogP contribution >= 0.6 is 0 Å². The number of pyridine rings is 1. The Morgan fingerprint density at radius 2 is 1.79 bits per heavy atom. The van der Waals surface area contributed by atoms with E-state index in [0.29, 0.717) is 16.5 Å². The summed E-state index contributed by atoms with van der Waals surface area (Å²) in [5.41, 5.74) is 0.896. The lowest BCUT2D eigenvalue weighted by Gasteiger charge is -2.20. The summed E-state index contributed by atoms with van der Waals surface area (Å²) in [7, 11) is 2.91. The van der Waals surface area contributed by atoms with Crippen LogP contribution < -0.4 is 14.8 Å². The molecule has 1 unspecified atom stereocenters. The molecule has 33 heavy (non-hydrogen) atoms. The number of benzene rings is 1. The van der Waals surface area contributed by atoms with Crippen molar-refractivity contribution in [2.45, 2.75) is 38.7 Å². The van der Waals surface area contributed by atoms with Crippen molar-refractivity contribution in [2.24, 2.45) is 0 Å². The Hall–Kier alpha value is -3.34. The molecule has 0 saturated heterocycles. The van der Waals surface area contributed by atoms with Crippen LogP contribution in [0.5, 0.6) is 11.6 Å². The van der Waals surface area contributed by atoms with Crippen molar-refractivity contribution in [3.8, 4) is 11.6 Å². The van der Waals surface area contributed by atoms with Gasteiger partial charge in [0.25, 0.3) is 5.91 Å². The highest BCUT2D eigenvalue weighted by molar-refractivity contribution is 6.07. The first-order valence-electron chi connectivity index (χ1n) is 10.0. The normalized spacial score (nSPS) is 13.1. The third-order valence-corrected chi connectivity index (χ3v) is 4.76. The average molecular weight is 466 g/mol. The van der Waals surface area contributed by atoms with Crippen LogP contribution in [-0.4, -0.2) is 47.9 Å². The fourth-order valence-electron chi connectivity index (χ4n) is 3.38. The van der Waals surface area contributed by atoms with Crippen molar-refractivity contribution in [3.63, 3.8) is 0 Å². The van der Waals surface area contributed by atoms with Gasteiger partial charge in [-0.25, -0.2) is 4.98 Å². The summed E-state index contributed by atoms with van der Waals surface area (Å²) in [6.45, 7) is 5.93. The first kappa shape index (κ1) is 24.3. The third-order valence-electron chi connectivity index (χ3n) is 4.76. The highest BCUT2D eigenvalue weighted by atomic mass is 19.4. The molecule has 0 saturated carbocycles. The Kier molecular flexibility index (Phi) is 6.82. The smallest absolute Gasteiger partial charge is 0.480 e. The van der Waals surface area contributed by atoms with E-state index < -0.39 is 23.9 Å². The van der Waals surface area contributed by atoms with Gasteiger partial charge < -0.3 is 19.5 Å². The molecule has 3 aromatic rings. The molecule has 3 rings (SSSR count). The predicted molar refractivity (Wildman–Crippen MR) is 114 cm³/mol. The summed E-state index contributed by atoms with van der Waals surface area (Å²) < 4.78 is 53.5. The van der Waals surface area contributed by atoms with Crippen LogP contribution in [0.4, 0.5) is 13.2 Å². The van der Waals surface area contributed by atoms with Crippen molar-refractivity contribution in [2.75, 3.05) is 20.8 Å². The summed E-state index contributed by atoms with van der Waals surface area (Å²) in [5.74, 6) is -0.614. The Morgan fingerprint density at radius 1 is 1.12 bits per heavy atom. The van der Waals surface area contributed by atoms with Crippen LogP contribution in [0, 0.1) is 0 Å². The number of aromatic nitrogens is 3. The van der Waals surface area contributed by atoms with Crippen molar-refractivity contribution < 1.29 is 32.2 Å². The van der Waals surface area contributed by atoms with Crippen LogP contribution in [0.25, 0.3) is 10.9 Å². The SMILES string of the molecule is COCC(NC(=O)c1nn(C(C)(C)C)c2ccnc(OC)c12)c1ccc(OC(F)(F)F)cc1.